The smallest absolute Gasteiger partial charge is 0.119 e. The lowest BCUT2D eigenvalue weighted by Gasteiger charge is -2.26. The van der Waals surface area contributed by atoms with Gasteiger partial charge < -0.3 is 14.7 Å². The maximum absolute atomic E-state index is 9.87. The Balaban J connectivity index is 1.84. The molecule has 2 unspecified atom stereocenters. The van der Waals surface area contributed by atoms with Gasteiger partial charge in [-0.05, 0) is 57.6 Å². The fraction of sp³-hybridized carbons (Fsp3) is 0.647. The van der Waals surface area contributed by atoms with Gasteiger partial charge in [0.25, 0.3) is 0 Å². The molecule has 1 aliphatic rings. The summed E-state index contributed by atoms with van der Waals surface area (Å²) < 4.78 is 5.88. The summed E-state index contributed by atoms with van der Waals surface area (Å²) in [7, 11) is 4.16. The quantitative estimate of drug-likeness (QED) is 0.865. The van der Waals surface area contributed by atoms with Crippen molar-refractivity contribution in [3.8, 4) is 5.75 Å². The Kier molecular flexibility index (Phi) is 5.62. The highest BCUT2D eigenvalue weighted by molar-refractivity contribution is 5.32. The van der Waals surface area contributed by atoms with Crippen LogP contribution in [0.25, 0.3) is 0 Å². The summed E-state index contributed by atoms with van der Waals surface area (Å²) in [6.07, 6.45) is 0.665. The minimum absolute atomic E-state index is 0.198. The molecular formula is C17H28N2O2. The molecular weight excluding hydrogens is 264 g/mol. The number of hydrogen-bond donors (Lipinski definition) is 1. The molecule has 21 heavy (non-hydrogen) atoms. The van der Waals surface area contributed by atoms with E-state index in [0.29, 0.717) is 12.6 Å². The van der Waals surface area contributed by atoms with Crippen molar-refractivity contribution in [1.82, 2.24) is 9.80 Å². The van der Waals surface area contributed by atoms with Crippen LogP contribution in [0.1, 0.15) is 17.5 Å². The molecule has 1 saturated heterocycles. The number of aliphatic hydroxyl groups excluding tert-OH is 1. The van der Waals surface area contributed by atoms with E-state index in [1.165, 1.54) is 11.1 Å². The van der Waals surface area contributed by atoms with Crippen molar-refractivity contribution in [3.63, 3.8) is 0 Å². The van der Waals surface area contributed by atoms with Gasteiger partial charge in [-0.25, -0.2) is 0 Å². The lowest BCUT2D eigenvalue weighted by molar-refractivity contribution is 0.155. The van der Waals surface area contributed by atoms with E-state index in [0.717, 1.165) is 31.8 Å². The number of rotatable bonds is 6. The largest absolute Gasteiger partial charge is 0.492 e. The average molecular weight is 292 g/mol. The van der Waals surface area contributed by atoms with Gasteiger partial charge in [-0.3, -0.25) is 4.90 Å². The molecule has 0 saturated carbocycles. The van der Waals surface area contributed by atoms with E-state index in [1.54, 1.807) is 0 Å². The average Bonchev–Trinajstić information content (AvgIpc) is 2.67. The molecule has 4 nitrogen and oxygen atoms in total. The van der Waals surface area contributed by atoms with Crippen LogP contribution in [0.3, 0.4) is 0 Å². The van der Waals surface area contributed by atoms with Gasteiger partial charge in [0, 0.05) is 25.7 Å². The number of benzene rings is 1. The number of aliphatic hydroxyl groups is 1. The second-order valence-electron chi connectivity index (χ2n) is 6.47. The van der Waals surface area contributed by atoms with Crippen LogP contribution < -0.4 is 4.74 Å². The van der Waals surface area contributed by atoms with Crippen molar-refractivity contribution >= 4 is 0 Å². The van der Waals surface area contributed by atoms with Crippen LogP contribution in [-0.2, 0) is 0 Å². The summed E-state index contributed by atoms with van der Waals surface area (Å²) >= 11 is 0. The number of likely N-dealkylation sites (tertiary alicyclic amines) is 1. The van der Waals surface area contributed by atoms with Crippen LogP contribution in [0.5, 0.6) is 5.75 Å². The second kappa shape index (κ2) is 7.25. The Hall–Kier alpha value is -1.10. The molecule has 0 bridgehead atoms. The molecule has 2 atom stereocenters. The number of hydrogen-bond acceptors (Lipinski definition) is 4. The predicted octanol–water partition coefficient (Wildman–Crippen LogP) is 1.68. The van der Waals surface area contributed by atoms with E-state index in [9.17, 15) is 5.11 Å². The van der Waals surface area contributed by atoms with E-state index in [1.807, 2.05) is 0 Å². The van der Waals surface area contributed by atoms with Crippen LogP contribution >= 0.6 is 0 Å². The fourth-order valence-electron chi connectivity index (χ4n) is 3.14. The molecule has 1 heterocycles. The standard InChI is InChI=1S/C17H28N2O2/c1-13-7-14(2)9-17(8-13)21-6-5-19-12-16(20)10-15(19)11-18(3)4/h7-9,15-16,20H,5-6,10-12H2,1-4H3. The minimum Gasteiger partial charge on any atom is -0.492 e. The lowest BCUT2D eigenvalue weighted by atomic mass is 10.1. The highest BCUT2D eigenvalue weighted by atomic mass is 16.5. The molecule has 4 heteroatoms. The lowest BCUT2D eigenvalue weighted by Crippen LogP contribution is -2.39. The molecule has 1 fully saturated rings. The highest BCUT2D eigenvalue weighted by Crippen LogP contribution is 2.19. The van der Waals surface area contributed by atoms with Crippen molar-refractivity contribution in [2.24, 2.45) is 0 Å². The van der Waals surface area contributed by atoms with Crippen LogP contribution in [0.15, 0.2) is 18.2 Å². The normalized spacial score (nSPS) is 23.0. The van der Waals surface area contributed by atoms with Crippen LogP contribution in [-0.4, -0.2) is 67.4 Å². The van der Waals surface area contributed by atoms with Gasteiger partial charge in [-0.1, -0.05) is 6.07 Å². The number of nitrogens with zero attached hydrogens (tertiary/aromatic N) is 2. The van der Waals surface area contributed by atoms with Crippen LogP contribution in [0.2, 0.25) is 0 Å². The first-order chi connectivity index (χ1) is 9.94. The molecule has 1 aromatic rings. The number of aryl methyl sites for hydroxylation is 2. The number of ether oxygens (including phenoxy) is 1. The first-order valence-electron chi connectivity index (χ1n) is 7.72. The Morgan fingerprint density at radius 1 is 1.24 bits per heavy atom. The fourth-order valence-corrected chi connectivity index (χ4v) is 3.14. The van der Waals surface area contributed by atoms with Crippen molar-refractivity contribution in [3.05, 3.63) is 29.3 Å². The molecule has 2 rings (SSSR count). The van der Waals surface area contributed by atoms with E-state index < -0.39 is 0 Å². The van der Waals surface area contributed by atoms with E-state index >= 15 is 0 Å². The van der Waals surface area contributed by atoms with Crippen LogP contribution in [0, 0.1) is 13.8 Å². The van der Waals surface area contributed by atoms with Crippen molar-refractivity contribution in [2.75, 3.05) is 40.3 Å². The highest BCUT2D eigenvalue weighted by Gasteiger charge is 2.30. The molecule has 118 valence electrons. The zero-order valence-electron chi connectivity index (χ0n) is 13.7. The zero-order chi connectivity index (χ0) is 15.4. The monoisotopic (exact) mass is 292 g/mol. The van der Waals surface area contributed by atoms with Gasteiger partial charge >= 0.3 is 0 Å². The SMILES string of the molecule is Cc1cc(C)cc(OCCN2CC(O)CC2CN(C)C)c1. The third-order valence-electron chi connectivity index (χ3n) is 3.92. The van der Waals surface area contributed by atoms with Crippen molar-refractivity contribution < 1.29 is 9.84 Å². The molecule has 1 N–H and O–H groups in total. The second-order valence-corrected chi connectivity index (χ2v) is 6.47. The summed E-state index contributed by atoms with van der Waals surface area (Å²) in [5, 5.41) is 9.87. The van der Waals surface area contributed by atoms with Crippen molar-refractivity contribution in [1.29, 1.82) is 0 Å². The van der Waals surface area contributed by atoms with Crippen LogP contribution in [0.4, 0.5) is 0 Å². The number of likely N-dealkylation sites (N-methyl/N-ethyl adjacent to an activating group) is 1. The molecule has 1 aromatic carbocycles. The Bertz CT molecular complexity index is 442. The van der Waals surface area contributed by atoms with E-state index in [-0.39, 0.29) is 6.10 Å². The minimum atomic E-state index is -0.198. The topological polar surface area (TPSA) is 35.9 Å². The van der Waals surface area contributed by atoms with E-state index in [4.69, 9.17) is 4.74 Å². The Morgan fingerprint density at radius 3 is 2.52 bits per heavy atom. The maximum Gasteiger partial charge on any atom is 0.119 e. The molecule has 0 aliphatic carbocycles. The van der Waals surface area contributed by atoms with Crippen molar-refractivity contribution in [2.45, 2.75) is 32.4 Å². The third-order valence-corrected chi connectivity index (χ3v) is 3.92. The molecule has 0 radical (unpaired) electrons. The summed E-state index contributed by atoms with van der Waals surface area (Å²) in [4.78, 5) is 4.52. The number of β-amino-alcohol motifs (C(OH)–C–C–N with tert-alkyl or cyclic N) is 1. The van der Waals surface area contributed by atoms with Gasteiger partial charge in [0.2, 0.25) is 0 Å². The molecule has 1 aliphatic heterocycles. The summed E-state index contributed by atoms with van der Waals surface area (Å²) in [5.74, 6) is 0.941. The first kappa shape index (κ1) is 16.3. The van der Waals surface area contributed by atoms with E-state index in [2.05, 4.69) is 55.9 Å². The summed E-state index contributed by atoms with van der Waals surface area (Å²) in [6, 6.07) is 6.72. The predicted molar refractivity (Wildman–Crippen MR) is 85.9 cm³/mol. The summed E-state index contributed by atoms with van der Waals surface area (Å²) in [6.45, 7) is 7.45. The maximum atomic E-state index is 9.87. The van der Waals surface area contributed by atoms with Gasteiger partial charge in [-0.2, -0.15) is 0 Å². The first-order valence-corrected chi connectivity index (χ1v) is 7.72. The van der Waals surface area contributed by atoms with Gasteiger partial charge in [-0.15, -0.1) is 0 Å². The van der Waals surface area contributed by atoms with Gasteiger partial charge in [0.05, 0.1) is 6.10 Å². The zero-order valence-corrected chi connectivity index (χ0v) is 13.7. The Labute approximate surface area is 128 Å². The summed E-state index contributed by atoms with van der Waals surface area (Å²) in [5.41, 5.74) is 2.46. The Morgan fingerprint density at radius 2 is 1.90 bits per heavy atom. The molecule has 0 spiro atoms. The van der Waals surface area contributed by atoms with Gasteiger partial charge in [0.15, 0.2) is 0 Å². The van der Waals surface area contributed by atoms with Gasteiger partial charge in [0.1, 0.15) is 12.4 Å². The molecule has 0 amide bonds. The molecule has 0 aromatic heterocycles. The third kappa shape index (κ3) is 4.99.